The van der Waals surface area contributed by atoms with Crippen LogP contribution in [0, 0.1) is 0 Å². The van der Waals surface area contributed by atoms with Crippen LogP contribution in [0.3, 0.4) is 0 Å². The van der Waals surface area contributed by atoms with Crippen LogP contribution in [-0.4, -0.2) is 7.05 Å². The van der Waals surface area contributed by atoms with Gasteiger partial charge < -0.3 is 5.32 Å². The van der Waals surface area contributed by atoms with Gasteiger partial charge in [-0.05, 0) is 23.8 Å². The van der Waals surface area contributed by atoms with Crippen molar-refractivity contribution in [3.8, 4) is 11.1 Å². The Morgan fingerprint density at radius 2 is 1.50 bits per heavy atom. The summed E-state index contributed by atoms with van der Waals surface area (Å²) in [5.74, 6) is 0. The summed E-state index contributed by atoms with van der Waals surface area (Å²) in [6, 6.07) is 12.6. The lowest BCUT2D eigenvalue weighted by atomic mass is 10.0. The van der Waals surface area contributed by atoms with Gasteiger partial charge in [0.05, 0.1) is 5.56 Å². The summed E-state index contributed by atoms with van der Waals surface area (Å²) in [6.45, 7) is 0. The molecule has 0 radical (unpaired) electrons. The van der Waals surface area contributed by atoms with Gasteiger partial charge in [-0.25, -0.2) is 0 Å². The fourth-order valence-corrected chi connectivity index (χ4v) is 1.79. The first-order chi connectivity index (χ1) is 8.52. The van der Waals surface area contributed by atoms with Crippen LogP contribution in [0.25, 0.3) is 11.1 Å². The van der Waals surface area contributed by atoms with Gasteiger partial charge in [-0.2, -0.15) is 13.2 Å². The van der Waals surface area contributed by atoms with Crippen molar-refractivity contribution in [1.82, 2.24) is 0 Å². The van der Waals surface area contributed by atoms with Gasteiger partial charge in [0.25, 0.3) is 0 Å². The van der Waals surface area contributed by atoms with E-state index < -0.39 is 11.7 Å². The zero-order valence-corrected chi connectivity index (χ0v) is 9.75. The van der Waals surface area contributed by atoms with E-state index in [0.29, 0.717) is 0 Å². The molecule has 2 aromatic rings. The molecule has 0 aliphatic carbocycles. The van der Waals surface area contributed by atoms with Gasteiger partial charge in [-0.3, -0.25) is 0 Å². The SMILES string of the molecule is CNc1ccccc1-c1ccc(C(F)(F)F)cc1. The van der Waals surface area contributed by atoms with Crippen molar-refractivity contribution in [3.63, 3.8) is 0 Å². The molecule has 0 bridgehead atoms. The van der Waals surface area contributed by atoms with Gasteiger partial charge in [0.2, 0.25) is 0 Å². The summed E-state index contributed by atoms with van der Waals surface area (Å²) >= 11 is 0. The molecule has 94 valence electrons. The molecule has 0 unspecified atom stereocenters. The Kier molecular flexibility index (Phi) is 3.28. The molecule has 0 atom stereocenters. The molecule has 2 rings (SSSR count). The van der Waals surface area contributed by atoms with E-state index in [4.69, 9.17) is 0 Å². The van der Waals surface area contributed by atoms with Crippen LogP contribution in [0.1, 0.15) is 5.56 Å². The fourth-order valence-electron chi connectivity index (χ4n) is 1.79. The van der Waals surface area contributed by atoms with E-state index in [0.717, 1.165) is 28.9 Å². The number of halogens is 3. The standard InChI is InChI=1S/C14H12F3N/c1-18-13-5-3-2-4-12(13)10-6-8-11(9-7-10)14(15,16)17/h2-9,18H,1H3. The number of nitrogens with one attached hydrogen (secondary N) is 1. The first kappa shape index (κ1) is 12.5. The van der Waals surface area contributed by atoms with E-state index >= 15 is 0 Å². The lowest BCUT2D eigenvalue weighted by Crippen LogP contribution is -2.04. The summed E-state index contributed by atoms with van der Waals surface area (Å²) < 4.78 is 37.4. The van der Waals surface area contributed by atoms with Gasteiger partial charge in [-0.1, -0.05) is 30.3 Å². The maximum atomic E-state index is 12.5. The van der Waals surface area contributed by atoms with Crippen molar-refractivity contribution in [1.29, 1.82) is 0 Å². The molecule has 0 aromatic heterocycles. The van der Waals surface area contributed by atoms with Gasteiger partial charge in [0.15, 0.2) is 0 Å². The van der Waals surface area contributed by atoms with Crippen LogP contribution < -0.4 is 5.32 Å². The number of rotatable bonds is 2. The molecular weight excluding hydrogens is 239 g/mol. The molecule has 0 heterocycles. The number of benzene rings is 2. The molecule has 1 N–H and O–H groups in total. The minimum absolute atomic E-state index is 0.631. The van der Waals surface area contributed by atoms with Crippen molar-refractivity contribution in [3.05, 3.63) is 54.1 Å². The molecule has 0 saturated carbocycles. The number of hydrogen-bond donors (Lipinski definition) is 1. The summed E-state index contributed by atoms with van der Waals surface area (Å²) in [4.78, 5) is 0. The average Bonchev–Trinajstić information content (AvgIpc) is 2.38. The second-order valence-electron chi connectivity index (χ2n) is 3.87. The normalized spacial score (nSPS) is 11.3. The second-order valence-corrected chi connectivity index (χ2v) is 3.87. The van der Waals surface area contributed by atoms with E-state index in [9.17, 15) is 13.2 Å². The van der Waals surface area contributed by atoms with Crippen molar-refractivity contribution in [2.45, 2.75) is 6.18 Å². The third-order valence-electron chi connectivity index (χ3n) is 2.72. The molecule has 4 heteroatoms. The van der Waals surface area contributed by atoms with E-state index in [2.05, 4.69) is 5.32 Å². The van der Waals surface area contributed by atoms with Crippen molar-refractivity contribution in [2.75, 3.05) is 12.4 Å². The molecular formula is C14H12F3N. The summed E-state index contributed by atoms with van der Waals surface area (Å²) in [5, 5.41) is 3.02. The number of alkyl halides is 3. The Balaban J connectivity index is 2.41. The Hall–Kier alpha value is -1.97. The average molecular weight is 251 g/mol. The minimum atomic E-state index is -4.29. The molecule has 0 aliphatic rings. The molecule has 0 saturated heterocycles. The summed E-state index contributed by atoms with van der Waals surface area (Å²) in [5.41, 5.74) is 1.90. The monoisotopic (exact) mass is 251 g/mol. The maximum absolute atomic E-state index is 12.5. The molecule has 1 nitrogen and oxygen atoms in total. The zero-order chi connectivity index (χ0) is 13.2. The predicted molar refractivity (Wildman–Crippen MR) is 66.4 cm³/mol. The van der Waals surface area contributed by atoms with Crippen molar-refractivity contribution >= 4 is 5.69 Å². The van der Waals surface area contributed by atoms with Gasteiger partial charge in [-0.15, -0.1) is 0 Å². The molecule has 0 aliphatic heterocycles. The number of para-hydroxylation sites is 1. The highest BCUT2D eigenvalue weighted by Crippen LogP contribution is 2.32. The molecule has 0 spiro atoms. The Morgan fingerprint density at radius 1 is 0.889 bits per heavy atom. The Morgan fingerprint density at radius 3 is 2.06 bits per heavy atom. The predicted octanol–water partition coefficient (Wildman–Crippen LogP) is 4.41. The Labute approximate surface area is 103 Å². The second kappa shape index (κ2) is 4.72. The largest absolute Gasteiger partial charge is 0.416 e. The molecule has 2 aromatic carbocycles. The van der Waals surface area contributed by atoms with Crippen LogP contribution in [0.2, 0.25) is 0 Å². The zero-order valence-electron chi connectivity index (χ0n) is 9.75. The van der Waals surface area contributed by atoms with Gasteiger partial charge in [0, 0.05) is 18.3 Å². The third kappa shape index (κ3) is 2.47. The lowest BCUT2D eigenvalue weighted by Gasteiger charge is -2.11. The number of anilines is 1. The lowest BCUT2D eigenvalue weighted by molar-refractivity contribution is -0.137. The quantitative estimate of drug-likeness (QED) is 0.833. The highest BCUT2D eigenvalue weighted by molar-refractivity contribution is 5.77. The molecule has 18 heavy (non-hydrogen) atoms. The first-order valence-electron chi connectivity index (χ1n) is 5.47. The third-order valence-corrected chi connectivity index (χ3v) is 2.72. The fraction of sp³-hybridized carbons (Fsp3) is 0.143. The van der Waals surface area contributed by atoms with E-state index in [1.54, 1.807) is 7.05 Å². The van der Waals surface area contributed by atoms with Crippen LogP contribution in [0.5, 0.6) is 0 Å². The highest BCUT2D eigenvalue weighted by Gasteiger charge is 2.29. The molecule has 0 amide bonds. The smallest absolute Gasteiger partial charge is 0.388 e. The van der Waals surface area contributed by atoms with Crippen molar-refractivity contribution in [2.24, 2.45) is 0 Å². The number of hydrogen-bond acceptors (Lipinski definition) is 1. The van der Waals surface area contributed by atoms with Crippen LogP contribution >= 0.6 is 0 Å². The van der Waals surface area contributed by atoms with Crippen LogP contribution in [0.15, 0.2) is 48.5 Å². The van der Waals surface area contributed by atoms with E-state index in [1.807, 2.05) is 24.3 Å². The van der Waals surface area contributed by atoms with Gasteiger partial charge >= 0.3 is 6.18 Å². The minimum Gasteiger partial charge on any atom is -0.388 e. The highest BCUT2D eigenvalue weighted by atomic mass is 19.4. The summed E-state index contributed by atoms with van der Waals surface area (Å²) in [7, 11) is 1.78. The first-order valence-corrected chi connectivity index (χ1v) is 5.47. The summed E-state index contributed by atoms with van der Waals surface area (Å²) in [6.07, 6.45) is -4.29. The van der Waals surface area contributed by atoms with E-state index in [-0.39, 0.29) is 0 Å². The van der Waals surface area contributed by atoms with Crippen molar-refractivity contribution < 1.29 is 13.2 Å². The Bertz CT molecular complexity index is 529. The van der Waals surface area contributed by atoms with E-state index in [1.165, 1.54) is 12.1 Å². The maximum Gasteiger partial charge on any atom is 0.416 e. The van der Waals surface area contributed by atoms with Crippen LogP contribution in [0.4, 0.5) is 18.9 Å². The van der Waals surface area contributed by atoms with Crippen LogP contribution in [-0.2, 0) is 6.18 Å². The van der Waals surface area contributed by atoms with Gasteiger partial charge in [0.1, 0.15) is 0 Å². The molecule has 0 fully saturated rings. The topological polar surface area (TPSA) is 12.0 Å².